The van der Waals surface area contributed by atoms with E-state index in [2.05, 4.69) is 0 Å². The van der Waals surface area contributed by atoms with E-state index in [1.165, 1.54) is 6.07 Å². The van der Waals surface area contributed by atoms with Crippen LogP contribution in [0.3, 0.4) is 0 Å². The fraction of sp³-hybridized carbons (Fsp3) is 0.133. The van der Waals surface area contributed by atoms with E-state index in [0.717, 1.165) is 12.3 Å². The highest BCUT2D eigenvalue weighted by Crippen LogP contribution is 2.32. The van der Waals surface area contributed by atoms with Gasteiger partial charge in [-0.25, -0.2) is 13.2 Å². The quantitative estimate of drug-likeness (QED) is 0.920. The maximum absolute atomic E-state index is 11.9. The van der Waals surface area contributed by atoms with Gasteiger partial charge in [-0.3, -0.25) is 0 Å². The lowest BCUT2D eigenvalue weighted by Gasteiger charge is -2.13. The van der Waals surface area contributed by atoms with E-state index >= 15 is 0 Å². The first-order valence-electron chi connectivity index (χ1n) is 6.20. The van der Waals surface area contributed by atoms with E-state index in [0.29, 0.717) is 16.3 Å². The summed E-state index contributed by atoms with van der Waals surface area (Å²) in [6.07, 6.45) is 0.998. The van der Waals surface area contributed by atoms with Crippen LogP contribution in [0, 0.1) is 6.92 Å². The van der Waals surface area contributed by atoms with Gasteiger partial charge in [0.05, 0.1) is 5.56 Å². The second-order valence-corrected chi connectivity index (χ2v) is 7.17. The van der Waals surface area contributed by atoms with Crippen LogP contribution in [0.2, 0.25) is 5.02 Å². The molecule has 0 saturated carbocycles. The van der Waals surface area contributed by atoms with Crippen LogP contribution in [0.5, 0.6) is 11.5 Å². The fourth-order valence-corrected chi connectivity index (χ4v) is 2.82. The monoisotopic (exact) mass is 340 g/mol. The van der Waals surface area contributed by atoms with Crippen molar-refractivity contribution in [1.82, 2.24) is 0 Å². The summed E-state index contributed by atoms with van der Waals surface area (Å²) >= 11 is 5.78. The SMILES string of the molecule is Cc1cc(Oc2ccc(Cl)cc2)c(S(C)(=O)=O)cc1C(=O)O. The molecule has 2 aromatic rings. The standard InChI is InChI=1S/C15H13ClO5S/c1-9-7-13(21-11-5-3-10(16)4-6-11)14(22(2,19)20)8-12(9)15(17)18/h3-8H,1-2H3,(H,17,18). The Morgan fingerprint density at radius 2 is 1.77 bits per heavy atom. The van der Waals surface area contributed by atoms with E-state index in [-0.39, 0.29) is 16.2 Å². The number of hydrogen-bond donors (Lipinski definition) is 1. The molecule has 5 nitrogen and oxygen atoms in total. The Kier molecular flexibility index (Phi) is 4.44. The molecule has 1 N–H and O–H groups in total. The average molecular weight is 341 g/mol. The lowest BCUT2D eigenvalue weighted by atomic mass is 10.1. The molecule has 0 bridgehead atoms. The summed E-state index contributed by atoms with van der Waals surface area (Å²) in [6, 6.07) is 8.90. The van der Waals surface area contributed by atoms with Gasteiger partial charge in [0.15, 0.2) is 9.84 Å². The van der Waals surface area contributed by atoms with Crippen LogP contribution in [0.4, 0.5) is 0 Å². The summed E-state index contributed by atoms with van der Waals surface area (Å²) in [5, 5.41) is 9.64. The summed E-state index contributed by atoms with van der Waals surface area (Å²) in [5.41, 5.74) is 0.327. The number of aromatic carboxylic acids is 1. The predicted molar refractivity (Wildman–Crippen MR) is 82.8 cm³/mol. The van der Waals surface area contributed by atoms with E-state index in [1.54, 1.807) is 31.2 Å². The van der Waals surface area contributed by atoms with Gasteiger partial charge in [-0.2, -0.15) is 0 Å². The highest BCUT2D eigenvalue weighted by molar-refractivity contribution is 7.90. The Labute approximate surface area is 133 Å². The van der Waals surface area contributed by atoms with Crippen molar-refractivity contribution in [3.63, 3.8) is 0 Å². The predicted octanol–water partition coefficient (Wildman–Crippen LogP) is 3.54. The van der Waals surface area contributed by atoms with Crippen LogP contribution in [-0.2, 0) is 9.84 Å². The number of hydrogen-bond acceptors (Lipinski definition) is 4. The number of ether oxygens (including phenoxy) is 1. The summed E-state index contributed by atoms with van der Waals surface area (Å²) in [4.78, 5) is 11.0. The third kappa shape index (κ3) is 3.58. The second kappa shape index (κ2) is 5.98. The van der Waals surface area contributed by atoms with Gasteiger partial charge in [0.25, 0.3) is 0 Å². The van der Waals surface area contributed by atoms with E-state index < -0.39 is 15.8 Å². The third-order valence-corrected chi connectivity index (χ3v) is 4.33. The van der Waals surface area contributed by atoms with E-state index in [4.69, 9.17) is 21.4 Å². The number of sulfone groups is 1. The highest BCUT2D eigenvalue weighted by Gasteiger charge is 2.20. The van der Waals surface area contributed by atoms with Crippen molar-refractivity contribution in [3.05, 3.63) is 52.5 Å². The highest BCUT2D eigenvalue weighted by atomic mass is 35.5. The zero-order valence-electron chi connectivity index (χ0n) is 11.8. The Bertz CT molecular complexity index is 826. The summed E-state index contributed by atoms with van der Waals surface area (Å²) in [5.74, 6) is -0.718. The fourth-order valence-electron chi connectivity index (χ4n) is 1.89. The molecule has 0 aromatic heterocycles. The van der Waals surface area contributed by atoms with Gasteiger partial charge in [-0.15, -0.1) is 0 Å². The van der Waals surface area contributed by atoms with Gasteiger partial charge < -0.3 is 9.84 Å². The number of rotatable bonds is 4. The number of benzene rings is 2. The second-order valence-electron chi connectivity index (χ2n) is 4.75. The molecule has 22 heavy (non-hydrogen) atoms. The Balaban J connectivity index is 2.57. The van der Waals surface area contributed by atoms with Gasteiger partial charge in [-0.1, -0.05) is 11.6 Å². The van der Waals surface area contributed by atoms with Crippen molar-refractivity contribution < 1.29 is 23.1 Å². The largest absolute Gasteiger partial charge is 0.478 e. The number of carboxylic acid groups (broad SMARTS) is 1. The molecule has 0 spiro atoms. The molecule has 0 aliphatic heterocycles. The van der Waals surface area contributed by atoms with Crippen LogP contribution < -0.4 is 4.74 Å². The minimum absolute atomic E-state index is 0.0762. The third-order valence-electron chi connectivity index (χ3n) is 2.96. The molecule has 0 heterocycles. The first-order valence-corrected chi connectivity index (χ1v) is 8.47. The Hall–Kier alpha value is -2.05. The first-order chi connectivity index (χ1) is 10.2. The average Bonchev–Trinajstić information content (AvgIpc) is 2.39. The minimum atomic E-state index is -3.65. The minimum Gasteiger partial charge on any atom is -0.478 e. The van der Waals surface area contributed by atoms with Crippen LogP contribution in [-0.4, -0.2) is 25.7 Å². The lowest BCUT2D eigenvalue weighted by Crippen LogP contribution is -2.06. The molecular formula is C15H13ClO5S. The van der Waals surface area contributed by atoms with Gasteiger partial charge in [-0.05, 0) is 48.9 Å². The van der Waals surface area contributed by atoms with Crippen LogP contribution in [0.25, 0.3) is 0 Å². The molecule has 7 heteroatoms. The molecule has 0 fully saturated rings. The molecule has 0 atom stereocenters. The van der Waals surface area contributed by atoms with Crippen molar-refractivity contribution in [2.75, 3.05) is 6.26 Å². The van der Waals surface area contributed by atoms with Gasteiger partial charge in [0.1, 0.15) is 16.4 Å². The van der Waals surface area contributed by atoms with Crippen molar-refractivity contribution in [1.29, 1.82) is 0 Å². The molecule has 116 valence electrons. The van der Waals surface area contributed by atoms with E-state index in [9.17, 15) is 13.2 Å². The first kappa shape index (κ1) is 16.3. The van der Waals surface area contributed by atoms with E-state index in [1.807, 2.05) is 0 Å². The van der Waals surface area contributed by atoms with Gasteiger partial charge in [0.2, 0.25) is 0 Å². The number of halogens is 1. The molecular weight excluding hydrogens is 328 g/mol. The number of carbonyl (C=O) groups is 1. The zero-order chi connectivity index (χ0) is 16.5. The normalized spacial score (nSPS) is 11.2. The van der Waals surface area contributed by atoms with Crippen molar-refractivity contribution in [2.45, 2.75) is 11.8 Å². The molecule has 2 aromatic carbocycles. The molecule has 0 saturated heterocycles. The number of carboxylic acids is 1. The van der Waals surface area contributed by atoms with Gasteiger partial charge >= 0.3 is 5.97 Å². The van der Waals surface area contributed by atoms with Crippen LogP contribution in [0.1, 0.15) is 15.9 Å². The maximum Gasteiger partial charge on any atom is 0.335 e. The topological polar surface area (TPSA) is 80.7 Å². The summed E-state index contributed by atoms with van der Waals surface area (Å²) in [7, 11) is -3.65. The molecule has 0 amide bonds. The smallest absolute Gasteiger partial charge is 0.335 e. The molecule has 0 unspecified atom stereocenters. The van der Waals surface area contributed by atoms with Crippen molar-refractivity contribution in [3.8, 4) is 11.5 Å². The van der Waals surface area contributed by atoms with Crippen LogP contribution >= 0.6 is 11.6 Å². The summed E-state index contributed by atoms with van der Waals surface area (Å²) < 4.78 is 29.4. The number of aryl methyl sites for hydroxylation is 1. The van der Waals surface area contributed by atoms with Crippen LogP contribution in [0.15, 0.2) is 41.3 Å². The summed E-state index contributed by atoms with van der Waals surface area (Å²) in [6.45, 7) is 1.57. The van der Waals surface area contributed by atoms with Crippen molar-refractivity contribution in [2.24, 2.45) is 0 Å². The maximum atomic E-state index is 11.9. The Morgan fingerprint density at radius 3 is 2.27 bits per heavy atom. The van der Waals surface area contributed by atoms with Crippen molar-refractivity contribution >= 4 is 27.4 Å². The Morgan fingerprint density at radius 1 is 1.18 bits per heavy atom. The zero-order valence-corrected chi connectivity index (χ0v) is 13.4. The van der Waals surface area contributed by atoms with Gasteiger partial charge in [0, 0.05) is 11.3 Å². The molecule has 0 radical (unpaired) electrons. The molecule has 2 rings (SSSR count). The molecule has 0 aliphatic carbocycles. The lowest BCUT2D eigenvalue weighted by molar-refractivity contribution is 0.0696. The molecule has 0 aliphatic rings.